The zero-order valence-corrected chi connectivity index (χ0v) is 5.36. The van der Waals surface area contributed by atoms with E-state index in [4.69, 9.17) is 15.3 Å². The molecule has 5 nitrogen and oxygen atoms in total. The summed E-state index contributed by atoms with van der Waals surface area (Å²) in [6, 6.07) is 0. The van der Waals surface area contributed by atoms with Gasteiger partial charge in [0.25, 0.3) is 12.4 Å². The van der Waals surface area contributed by atoms with E-state index in [1.807, 2.05) is 0 Å². The van der Waals surface area contributed by atoms with Crippen LogP contribution in [0.25, 0.3) is 0 Å². The number of ether oxygens (including phenoxy) is 1. The van der Waals surface area contributed by atoms with Gasteiger partial charge < -0.3 is 20.1 Å². The molecule has 0 unspecified atom stereocenters. The lowest BCUT2D eigenvalue weighted by atomic mass is 10.3. The Hall–Kier alpha value is -0.650. The molecule has 0 spiro atoms. The van der Waals surface area contributed by atoms with E-state index in [0.29, 0.717) is 0 Å². The Balaban J connectivity index is 3.12. The first kappa shape index (κ1) is 9.35. The Kier molecular flexibility index (Phi) is 3.94. The van der Waals surface area contributed by atoms with Gasteiger partial charge in [-0.3, -0.25) is 4.79 Å². The Bertz CT molecular complexity index is 94.7. The first-order chi connectivity index (χ1) is 4.56. The molecule has 10 heavy (non-hydrogen) atoms. The second-order valence-electron chi connectivity index (χ2n) is 1.84. The van der Waals surface area contributed by atoms with Crippen molar-refractivity contribution in [3.05, 3.63) is 0 Å². The molecule has 0 fully saturated rings. The lowest BCUT2D eigenvalue weighted by molar-refractivity contribution is -0.315. The largest absolute Gasteiger partial charge is 0.468 e. The average Bonchev–Trinajstić information content (AvgIpc) is 1.78. The van der Waals surface area contributed by atoms with Crippen LogP contribution in [0.1, 0.15) is 12.8 Å². The summed E-state index contributed by atoms with van der Waals surface area (Å²) in [4.78, 5) is 9.52. The van der Waals surface area contributed by atoms with E-state index in [2.05, 4.69) is 4.74 Å². The third-order valence-corrected chi connectivity index (χ3v) is 0.842. The van der Waals surface area contributed by atoms with Crippen molar-refractivity contribution in [2.45, 2.75) is 18.8 Å². The fourth-order valence-electron chi connectivity index (χ4n) is 0.441. The van der Waals surface area contributed by atoms with Crippen molar-refractivity contribution in [3.63, 3.8) is 0 Å². The van der Waals surface area contributed by atoms with E-state index in [1.54, 1.807) is 0 Å². The minimum absolute atomic E-state index is 0.0763. The van der Waals surface area contributed by atoms with Gasteiger partial charge in [0.2, 0.25) is 0 Å². The third kappa shape index (κ3) is 7.35. The molecule has 0 bridgehead atoms. The first-order valence-corrected chi connectivity index (χ1v) is 2.78. The standard InChI is InChI=1S/C5H10O5/c6-4-10-3-1-2-5(7,8)9/h4,7-9H,1-3H2. The molecule has 0 saturated heterocycles. The normalized spacial score (nSPS) is 11.1. The van der Waals surface area contributed by atoms with Gasteiger partial charge in [0, 0.05) is 6.42 Å². The van der Waals surface area contributed by atoms with E-state index >= 15 is 0 Å². The number of hydrogen-bond acceptors (Lipinski definition) is 5. The Morgan fingerprint density at radius 2 is 2.00 bits per heavy atom. The van der Waals surface area contributed by atoms with Gasteiger partial charge in [0.05, 0.1) is 6.61 Å². The van der Waals surface area contributed by atoms with Crippen molar-refractivity contribution >= 4 is 6.47 Å². The molecule has 0 atom stereocenters. The molecule has 0 aliphatic rings. The summed E-state index contributed by atoms with van der Waals surface area (Å²) in [6.45, 7) is 0.334. The van der Waals surface area contributed by atoms with Crippen molar-refractivity contribution in [2.24, 2.45) is 0 Å². The summed E-state index contributed by atoms with van der Waals surface area (Å²) in [6.07, 6.45) is -0.0247. The maximum Gasteiger partial charge on any atom is 0.293 e. The van der Waals surface area contributed by atoms with Crippen LogP contribution in [0.4, 0.5) is 0 Å². The highest BCUT2D eigenvalue weighted by atomic mass is 16.7. The Labute approximate surface area is 57.9 Å². The summed E-state index contributed by atoms with van der Waals surface area (Å²) in [5.41, 5.74) is 0. The van der Waals surface area contributed by atoms with Crippen LogP contribution in [0.15, 0.2) is 0 Å². The number of aliphatic hydroxyl groups is 3. The second-order valence-corrected chi connectivity index (χ2v) is 1.84. The molecule has 0 aromatic heterocycles. The number of hydrogen-bond donors (Lipinski definition) is 3. The maximum absolute atomic E-state index is 9.52. The molecule has 0 radical (unpaired) electrons. The number of carbonyl (C=O) groups is 1. The molecular weight excluding hydrogens is 140 g/mol. The highest BCUT2D eigenvalue weighted by Gasteiger charge is 2.16. The van der Waals surface area contributed by atoms with Gasteiger partial charge in [-0.25, -0.2) is 0 Å². The van der Waals surface area contributed by atoms with Crippen LogP contribution >= 0.6 is 0 Å². The van der Waals surface area contributed by atoms with Crippen molar-refractivity contribution < 1.29 is 24.9 Å². The van der Waals surface area contributed by atoms with Crippen LogP contribution < -0.4 is 0 Å². The average molecular weight is 150 g/mol. The highest BCUT2D eigenvalue weighted by molar-refractivity contribution is 5.36. The highest BCUT2D eigenvalue weighted by Crippen LogP contribution is 2.03. The summed E-state index contributed by atoms with van der Waals surface area (Å²) < 4.78 is 4.22. The van der Waals surface area contributed by atoms with E-state index in [-0.39, 0.29) is 25.9 Å². The van der Waals surface area contributed by atoms with Crippen LogP contribution in [-0.4, -0.2) is 34.4 Å². The molecule has 0 amide bonds. The van der Waals surface area contributed by atoms with Crippen LogP contribution in [0, 0.1) is 0 Å². The van der Waals surface area contributed by atoms with Gasteiger partial charge in [-0.05, 0) is 6.42 Å². The maximum atomic E-state index is 9.52. The lowest BCUT2D eigenvalue weighted by Gasteiger charge is -2.12. The number of rotatable bonds is 5. The smallest absolute Gasteiger partial charge is 0.293 e. The SMILES string of the molecule is O=COCCCC(O)(O)O. The van der Waals surface area contributed by atoms with Crippen LogP contribution in [0.2, 0.25) is 0 Å². The fourth-order valence-corrected chi connectivity index (χ4v) is 0.441. The molecule has 0 aliphatic carbocycles. The Morgan fingerprint density at radius 1 is 1.40 bits per heavy atom. The minimum atomic E-state index is -2.65. The molecule has 0 heterocycles. The van der Waals surface area contributed by atoms with Crippen LogP contribution in [0.5, 0.6) is 0 Å². The van der Waals surface area contributed by atoms with Gasteiger partial charge in [0.1, 0.15) is 0 Å². The summed E-state index contributed by atoms with van der Waals surface area (Å²) >= 11 is 0. The molecule has 5 heteroatoms. The van der Waals surface area contributed by atoms with E-state index in [0.717, 1.165) is 0 Å². The lowest BCUT2D eigenvalue weighted by Crippen LogP contribution is -2.27. The summed E-state index contributed by atoms with van der Waals surface area (Å²) in [7, 11) is 0. The van der Waals surface area contributed by atoms with Crippen LogP contribution in [0.3, 0.4) is 0 Å². The second kappa shape index (κ2) is 4.21. The summed E-state index contributed by atoms with van der Waals surface area (Å²) in [5, 5.41) is 24.9. The molecule has 0 aromatic rings. The van der Waals surface area contributed by atoms with Crippen molar-refractivity contribution in [3.8, 4) is 0 Å². The van der Waals surface area contributed by atoms with Gasteiger partial charge in [-0.2, -0.15) is 0 Å². The van der Waals surface area contributed by atoms with E-state index < -0.39 is 5.97 Å². The zero-order chi connectivity index (χ0) is 8.04. The van der Waals surface area contributed by atoms with E-state index in [1.165, 1.54) is 0 Å². The molecule has 0 rings (SSSR count). The monoisotopic (exact) mass is 150 g/mol. The first-order valence-electron chi connectivity index (χ1n) is 2.78. The molecular formula is C5H10O5. The minimum Gasteiger partial charge on any atom is -0.468 e. The van der Waals surface area contributed by atoms with Gasteiger partial charge in [0.15, 0.2) is 0 Å². The van der Waals surface area contributed by atoms with Crippen molar-refractivity contribution in [2.75, 3.05) is 6.61 Å². The Morgan fingerprint density at radius 3 is 2.40 bits per heavy atom. The molecule has 3 N–H and O–H groups in total. The quantitative estimate of drug-likeness (QED) is 0.254. The molecule has 60 valence electrons. The third-order valence-electron chi connectivity index (χ3n) is 0.842. The topological polar surface area (TPSA) is 87.0 Å². The molecule has 0 aromatic carbocycles. The predicted octanol–water partition coefficient (Wildman–Crippen LogP) is -1.43. The van der Waals surface area contributed by atoms with E-state index in [9.17, 15) is 4.79 Å². The van der Waals surface area contributed by atoms with Gasteiger partial charge in [-0.15, -0.1) is 0 Å². The molecule has 0 saturated carbocycles. The van der Waals surface area contributed by atoms with Gasteiger partial charge in [-0.1, -0.05) is 0 Å². The predicted molar refractivity (Wildman–Crippen MR) is 30.6 cm³/mol. The zero-order valence-electron chi connectivity index (χ0n) is 5.36. The van der Waals surface area contributed by atoms with Gasteiger partial charge >= 0.3 is 0 Å². The van der Waals surface area contributed by atoms with Crippen molar-refractivity contribution in [1.82, 2.24) is 0 Å². The molecule has 0 aliphatic heterocycles. The fraction of sp³-hybridized carbons (Fsp3) is 0.800. The van der Waals surface area contributed by atoms with Crippen molar-refractivity contribution in [1.29, 1.82) is 0 Å². The van der Waals surface area contributed by atoms with Crippen LogP contribution in [-0.2, 0) is 9.53 Å². The summed E-state index contributed by atoms with van der Waals surface area (Å²) in [5.74, 6) is -2.65. The number of carbonyl (C=O) groups excluding carboxylic acids is 1.